The minimum absolute atomic E-state index is 0.00766. The van der Waals surface area contributed by atoms with Crippen LogP contribution in [0.3, 0.4) is 0 Å². The van der Waals surface area contributed by atoms with Gasteiger partial charge in [0.1, 0.15) is 0 Å². The molecular formula is C12H24N4O2. The summed E-state index contributed by atoms with van der Waals surface area (Å²) in [6.07, 6.45) is 1.44. The molecule has 2 amide bonds. The zero-order valence-corrected chi connectivity index (χ0v) is 11.4. The molecule has 0 aliphatic carbocycles. The van der Waals surface area contributed by atoms with Crippen molar-refractivity contribution in [2.24, 2.45) is 0 Å². The van der Waals surface area contributed by atoms with Crippen molar-refractivity contribution in [2.75, 3.05) is 53.4 Å². The summed E-state index contributed by atoms with van der Waals surface area (Å²) in [5.41, 5.74) is 0. The van der Waals surface area contributed by atoms with Crippen LogP contribution in [0.4, 0.5) is 0 Å². The molecule has 0 aromatic carbocycles. The van der Waals surface area contributed by atoms with E-state index in [0.29, 0.717) is 19.5 Å². The monoisotopic (exact) mass is 256 g/mol. The third-order valence-corrected chi connectivity index (χ3v) is 3.10. The average molecular weight is 256 g/mol. The predicted molar refractivity (Wildman–Crippen MR) is 70.2 cm³/mol. The van der Waals surface area contributed by atoms with Crippen LogP contribution in [0.2, 0.25) is 0 Å². The van der Waals surface area contributed by atoms with Crippen LogP contribution in [0.25, 0.3) is 0 Å². The Kier molecular flexibility index (Phi) is 6.67. The highest BCUT2D eigenvalue weighted by Gasteiger charge is 2.16. The fourth-order valence-corrected chi connectivity index (χ4v) is 1.92. The molecule has 0 radical (unpaired) electrons. The van der Waals surface area contributed by atoms with Gasteiger partial charge in [-0.2, -0.15) is 0 Å². The van der Waals surface area contributed by atoms with Gasteiger partial charge in [0, 0.05) is 39.6 Å². The second-order valence-electron chi connectivity index (χ2n) is 4.65. The van der Waals surface area contributed by atoms with Gasteiger partial charge < -0.3 is 15.5 Å². The molecule has 0 unspecified atom stereocenters. The van der Waals surface area contributed by atoms with Crippen LogP contribution in [0.1, 0.15) is 12.8 Å². The van der Waals surface area contributed by atoms with E-state index in [2.05, 4.69) is 10.6 Å². The van der Waals surface area contributed by atoms with E-state index in [-0.39, 0.29) is 11.8 Å². The Hall–Kier alpha value is -1.14. The van der Waals surface area contributed by atoms with Crippen molar-refractivity contribution < 1.29 is 9.59 Å². The number of carbonyl (C=O) groups excluding carboxylic acids is 2. The van der Waals surface area contributed by atoms with Crippen molar-refractivity contribution >= 4 is 11.8 Å². The molecule has 6 heteroatoms. The molecule has 18 heavy (non-hydrogen) atoms. The number of rotatable bonds is 5. The minimum Gasteiger partial charge on any atom is -0.359 e. The van der Waals surface area contributed by atoms with Crippen molar-refractivity contribution in [2.45, 2.75) is 12.8 Å². The van der Waals surface area contributed by atoms with Crippen molar-refractivity contribution in [1.29, 1.82) is 0 Å². The molecule has 1 fully saturated rings. The van der Waals surface area contributed by atoms with Crippen molar-refractivity contribution in [1.82, 2.24) is 20.4 Å². The van der Waals surface area contributed by atoms with Gasteiger partial charge in [-0.25, -0.2) is 0 Å². The van der Waals surface area contributed by atoms with Gasteiger partial charge in [-0.15, -0.1) is 0 Å². The van der Waals surface area contributed by atoms with Crippen LogP contribution in [0, 0.1) is 0 Å². The predicted octanol–water partition coefficient (Wildman–Crippen LogP) is -1.12. The van der Waals surface area contributed by atoms with E-state index in [1.807, 2.05) is 16.8 Å². The van der Waals surface area contributed by atoms with Crippen molar-refractivity contribution in [3.05, 3.63) is 0 Å². The van der Waals surface area contributed by atoms with Gasteiger partial charge in [-0.3, -0.25) is 14.5 Å². The molecule has 2 N–H and O–H groups in total. The average Bonchev–Trinajstić information content (AvgIpc) is 2.64. The smallest absolute Gasteiger partial charge is 0.236 e. The third-order valence-electron chi connectivity index (χ3n) is 3.10. The first kappa shape index (κ1) is 14.9. The maximum absolute atomic E-state index is 12.0. The third kappa shape index (κ3) is 5.46. The van der Waals surface area contributed by atoms with Gasteiger partial charge in [0.2, 0.25) is 11.8 Å². The summed E-state index contributed by atoms with van der Waals surface area (Å²) in [7, 11) is 3.49. The summed E-state index contributed by atoms with van der Waals surface area (Å²) < 4.78 is 0. The molecule has 0 aromatic rings. The molecule has 1 heterocycles. The number of amides is 2. The minimum atomic E-state index is 0.00766. The lowest BCUT2D eigenvalue weighted by Crippen LogP contribution is -2.41. The number of nitrogens with one attached hydrogen (secondary N) is 2. The molecule has 0 bridgehead atoms. The maximum atomic E-state index is 12.0. The standard InChI is InChI=1S/C12H24N4O2/c1-13-11(17)4-8-15(2)10-12(18)16-7-3-5-14-6-9-16/h14H,3-10H2,1-2H3,(H,13,17). The fraction of sp³-hybridized carbons (Fsp3) is 0.833. The first-order valence-electron chi connectivity index (χ1n) is 6.51. The molecule has 0 spiro atoms. The molecule has 0 aromatic heterocycles. The number of carbonyl (C=O) groups is 2. The molecule has 0 saturated carbocycles. The van der Waals surface area contributed by atoms with Gasteiger partial charge in [0.15, 0.2) is 0 Å². The molecule has 1 aliphatic heterocycles. The Bertz CT molecular complexity index is 275. The summed E-state index contributed by atoms with van der Waals surface area (Å²) in [5.74, 6) is 0.159. The molecule has 1 rings (SSSR count). The molecule has 1 saturated heterocycles. The summed E-state index contributed by atoms with van der Waals surface area (Å²) in [6, 6.07) is 0. The first-order valence-corrected chi connectivity index (χ1v) is 6.51. The van der Waals surface area contributed by atoms with Crippen LogP contribution in [-0.4, -0.2) is 75.0 Å². The molecule has 1 aliphatic rings. The Morgan fingerprint density at radius 2 is 2.11 bits per heavy atom. The number of hydrogen-bond donors (Lipinski definition) is 2. The molecule has 104 valence electrons. The second-order valence-corrected chi connectivity index (χ2v) is 4.65. The van der Waals surface area contributed by atoms with E-state index in [9.17, 15) is 9.59 Å². The van der Waals surface area contributed by atoms with Gasteiger partial charge in [-0.1, -0.05) is 0 Å². The summed E-state index contributed by atoms with van der Waals surface area (Å²) in [6.45, 7) is 4.45. The van der Waals surface area contributed by atoms with E-state index in [1.165, 1.54) is 0 Å². The van der Waals surface area contributed by atoms with E-state index >= 15 is 0 Å². The van der Waals surface area contributed by atoms with Crippen LogP contribution in [-0.2, 0) is 9.59 Å². The van der Waals surface area contributed by atoms with Crippen molar-refractivity contribution in [3.8, 4) is 0 Å². The molecule has 6 nitrogen and oxygen atoms in total. The van der Waals surface area contributed by atoms with Crippen LogP contribution < -0.4 is 10.6 Å². The lowest BCUT2D eigenvalue weighted by atomic mass is 10.3. The summed E-state index contributed by atoms with van der Waals surface area (Å²) in [5, 5.41) is 5.85. The highest BCUT2D eigenvalue weighted by molar-refractivity contribution is 5.78. The zero-order valence-electron chi connectivity index (χ0n) is 11.4. The van der Waals surface area contributed by atoms with E-state index in [0.717, 1.165) is 32.6 Å². The second kappa shape index (κ2) is 8.05. The highest BCUT2D eigenvalue weighted by Crippen LogP contribution is 1.98. The quantitative estimate of drug-likeness (QED) is 0.654. The lowest BCUT2D eigenvalue weighted by molar-refractivity contribution is -0.132. The van der Waals surface area contributed by atoms with E-state index < -0.39 is 0 Å². The van der Waals surface area contributed by atoms with Crippen LogP contribution in [0.5, 0.6) is 0 Å². The van der Waals surface area contributed by atoms with Crippen LogP contribution in [0.15, 0.2) is 0 Å². The van der Waals surface area contributed by atoms with Gasteiger partial charge >= 0.3 is 0 Å². The van der Waals surface area contributed by atoms with Crippen molar-refractivity contribution in [3.63, 3.8) is 0 Å². The lowest BCUT2D eigenvalue weighted by Gasteiger charge is -2.23. The van der Waals surface area contributed by atoms with Gasteiger partial charge in [0.25, 0.3) is 0 Å². The first-order chi connectivity index (χ1) is 8.63. The van der Waals surface area contributed by atoms with E-state index in [4.69, 9.17) is 0 Å². The Morgan fingerprint density at radius 3 is 2.83 bits per heavy atom. The zero-order chi connectivity index (χ0) is 13.4. The van der Waals surface area contributed by atoms with Crippen LogP contribution >= 0.6 is 0 Å². The number of hydrogen-bond acceptors (Lipinski definition) is 4. The Labute approximate surface area is 109 Å². The summed E-state index contributed by atoms with van der Waals surface area (Å²) in [4.78, 5) is 26.9. The Morgan fingerprint density at radius 1 is 1.33 bits per heavy atom. The normalized spacial score (nSPS) is 16.5. The Balaban J connectivity index is 2.27. The molecular weight excluding hydrogens is 232 g/mol. The number of likely N-dealkylation sites (N-methyl/N-ethyl adjacent to an activating group) is 1. The number of nitrogens with zero attached hydrogens (tertiary/aromatic N) is 2. The topological polar surface area (TPSA) is 64.7 Å². The fourth-order valence-electron chi connectivity index (χ4n) is 1.92. The SMILES string of the molecule is CNC(=O)CCN(C)CC(=O)N1CCCNCC1. The highest BCUT2D eigenvalue weighted by atomic mass is 16.2. The van der Waals surface area contributed by atoms with E-state index in [1.54, 1.807) is 7.05 Å². The molecule has 0 atom stereocenters. The maximum Gasteiger partial charge on any atom is 0.236 e. The van der Waals surface area contributed by atoms with Gasteiger partial charge in [-0.05, 0) is 20.0 Å². The van der Waals surface area contributed by atoms with Gasteiger partial charge in [0.05, 0.1) is 6.54 Å². The largest absolute Gasteiger partial charge is 0.359 e. The summed E-state index contributed by atoms with van der Waals surface area (Å²) >= 11 is 0.